The summed E-state index contributed by atoms with van der Waals surface area (Å²) >= 11 is 0. The number of anilines is 1. The van der Waals surface area contributed by atoms with Crippen LogP contribution in [0.15, 0.2) is 42.6 Å². The number of pyridine rings is 1. The number of amides is 3. The van der Waals surface area contributed by atoms with Crippen molar-refractivity contribution < 1.29 is 9.59 Å². The van der Waals surface area contributed by atoms with Gasteiger partial charge in [0.05, 0.1) is 6.04 Å². The number of carbonyl (C=O) groups is 2. The summed E-state index contributed by atoms with van der Waals surface area (Å²) in [4.78, 5) is 29.7. The minimum Gasteiger partial charge on any atom is -0.354 e. The first kappa shape index (κ1) is 17.5. The molecule has 1 aromatic heterocycles. The molecule has 0 saturated heterocycles. The molecule has 1 aromatic carbocycles. The zero-order chi connectivity index (χ0) is 17.7. The number of carbonyl (C=O) groups excluding carboxylic acids is 2. The van der Waals surface area contributed by atoms with Gasteiger partial charge in [-0.25, -0.2) is 4.79 Å². The van der Waals surface area contributed by atoms with Gasteiger partial charge in [0.2, 0.25) is 0 Å². The molecule has 0 bridgehead atoms. The van der Waals surface area contributed by atoms with Gasteiger partial charge in [0, 0.05) is 26.0 Å². The molecule has 0 saturated carbocycles. The summed E-state index contributed by atoms with van der Waals surface area (Å²) in [6, 6.07) is 10.8. The normalized spacial score (nSPS) is 11.5. The number of aryl methyl sites for hydroxylation is 1. The van der Waals surface area contributed by atoms with Gasteiger partial charge in [-0.3, -0.25) is 9.78 Å². The summed E-state index contributed by atoms with van der Waals surface area (Å²) < 4.78 is 0. The second kappa shape index (κ2) is 7.59. The maximum atomic E-state index is 12.5. The van der Waals surface area contributed by atoms with Gasteiger partial charge in [0.15, 0.2) is 0 Å². The third kappa shape index (κ3) is 3.90. The average molecular weight is 326 g/mol. The minimum atomic E-state index is -0.298. The van der Waals surface area contributed by atoms with Gasteiger partial charge in [0.25, 0.3) is 5.91 Å². The zero-order valence-electron chi connectivity index (χ0n) is 14.3. The van der Waals surface area contributed by atoms with E-state index in [0.29, 0.717) is 5.69 Å². The Labute approximate surface area is 141 Å². The van der Waals surface area contributed by atoms with Gasteiger partial charge in [-0.05, 0) is 37.1 Å². The first-order valence-corrected chi connectivity index (χ1v) is 7.71. The quantitative estimate of drug-likeness (QED) is 0.907. The summed E-state index contributed by atoms with van der Waals surface area (Å²) in [5, 5.41) is 5.30. The Balaban J connectivity index is 2.12. The third-order valence-electron chi connectivity index (χ3n) is 4.01. The predicted molar refractivity (Wildman–Crippen MR) is 94.0 cm³/mol. The highest BCUT2D eigenvalue weighted by molar-refractivity contribution is 5.95. The van der Waals surface area contributed by atoms with Crippen LogP contribution in [0.5, 0.6) is 0 Å². The van der Waals surface area contributed by atoms with Crippen molar-refractivity contribution in [3.05, 3.63) is 59.4 Å². The zero-order valence-corrected chi connectivity index (χ0v) is 14.3. The van der Waals surface area contributed by atoms with Crippen molar-refractivity contribution in [2.45, 2.75) is 19.9 Å². The van der Waals surface area contributed by atoms with E-state index < -0.39 is 0 Å². The second-order valence-electron chi connectivity index (χ2n) is 5.58. The van der Waals surface area contributed by atoms with Crippen molar-refractivity contribution in [1.29, 1.82) is 0 Å². The molecule has 126 valence electrons. The maximum absolute atomic E-state index is 12.5. The third-order valence-corrected chi connectivity index (χ3v) is 4.01. The van der Waals surface area contributed by atoms with Gasteiger partial charge < -0.3 is 15.5 Å². The van der Waals surface area contributed by atoms with Gasteiger partial charge in [-0.2, -0.15) is 0 Å². The van der Waals surface area contributed by atoms with Gasteiger partial charge in [0.1, 0.15) is 5.69 Å². The Bertz CT molecular complexity index is 745. The highest BCUT2D eigenvalue weighted by Crippen LogP contribution is 2.22. The number of hydrogen-bond acceptors (Lipinski definition) is 3. The van der Waals surface area contributed by atoms with E-state index in [1.807, 2.05) is 38.1 Å². The van der Waals surface area contributed by atoms with Crippen LogP contribution in [-0.2, 0) is 0 Å². The lowest BCUT2D eigenvalue weighted by molar-refractivity contribution is 0.0958. The molecule has 0 aliphatic rings. The van der Waals surface area contributed by atoms with Crippen LogP contribution in [-0.4, -0.2) is 35.9 Å². The number of hydrogen-bond donors (Lipinski definition) is 2. The number of nitrogens with zero attached hydrogens (tertiary/aromatic N) is 2. The van der Waals surface area contributed by atoms with Gasteiger partial charge >= 0.3 is 6.03 Å². The van der Waals surface area contributed by atoms with E-state index in [-0.39, 0.29) is 23.7 Å². The summed E-state index contributed by atoms with van der Waals surface area (Å²) in [6.07, 6.45) is 1.49. The lowest BCUT2D eigenvalue weighted by Gasteiger charge is -2.26. The molecule has 0 unspecified atom stereocenters. The molecule has 0 fully saturated rings. The largest absolute Gasteiger partial charge is 0.354 e. The summed E-state index contributed by atoms with van der Waals surface area (Å²) in [5.41, 5.74) is 3.01. The Kier molecular flexibility index (Phi) is 5.52. The Morgan fingerprint density at radius 1 is 1.21 bits per heavy atom. The van der Waals surface area contributed by atoms with E-state index in [4.69, 9.17) is 0 Å². The van der Waals surface area contributed by atoms with Crippen LogP contribution in [0, 0.1) is 6.92 Å². The molecule has 0 aliphatic heterocycles. The maximum Gasteiger partial charge on any atom is 0.322 e. The molecular formula is C18H22N4O2. The SMILES string of the molecule is CNC(=O)c1cc(NC(=O)N(C)[C@@H](C)c2ccccc2C)ccn1. The van der Waals surface area contributed by atoms with E-state index in [0.717, 1.165) is 11.1 Å². The summed E-state index contributed by atoms with van der Waals surface area (Å²) in [6.45, 7) is 4.00. The minimum absolute atomic E-state index is 0.0774. The number of urea groups is 1. The molecular weight excluding hydrogens is 304 g/mol. The van der Waals surface area contributed by atoms with E-state index in [9.17, 15) is 9.59 Å². The first-order chi connectivity index (χ1) is 11.4. The van der Waals surface area contributed by atoms with Crippen LogP contribution in [0.4, 0.5) is 10.5 Å². The second-order valence-corrected chi connectivity index (χ2v) is 5.58. The van der Waals surface area contributed by atoms with Crippen LogP contribution in [0.25, 0.3) is 0 Å². The Morgan fingerprint density at radius 3 is 2.58 bits per heavy atom. The number of rotatable bonds is 4. The molecule has 0 aliphatic carbocycles. The van der Waals surface area contributed by atoms with Crippen molar-refractivity contribution in [3.8, 4) is 0 Å². The van der Waals surface area contributed by atoms with Crippen molar-refractivity contribution >= 4 is 17.6 Å². The van der Waals surface area contributed by atoms with Crippen LogP contribution < -0.4 is 10.6 Å². The number of aromatic nitrogens is 1. The number of nitrogens with one attached hydrogen (secondary N) is 2. The van der Waals surface area contributed by atoms with Crippen molar-refractivity contribution in [1.82, 2.24) is 15.2 Å². The van der Waals surface area contributed by atoms with Gasteiger partial charge in [-0.15, -0.1) is 0 Å². The molecule has 1 heterocycles. The summed E-state index contributed by atoms with van der Waals surface area (Å²) in [7, 11) is 3.28. The average Bonchev–Trinajstić information content (AvgIpc) is 2.60. The van der Waals surface area contributed by atoms with Crippen LogP contribution in [0.3, 0.4) is 0 Å². The smallest absolute Gasteiger partial charge is 0.322 e. The van der Waals surface area contributed by atoms with Crippen LogP contribution in [0.2, 0.25) is 0 Å². The van der Waals surface area contributed by atoms with E-state index in [1.54, 1.807) is 24.1 Å². The number of benzene rings is 1. The fraction of sp³-hybridized carbons (Fsp3) is 0.278. The Morgan fingerprint density at radius 2 is 1.92 bits per heavy atom. The van der Waals surface area contributed by atoms with Crippen LogP contribution >= 0.6 is 0 Å². The Hall–Kier alpha value is -2.89. The lowest BCUT2D eigenvalue weighted by Crippen LogP contribution is -2.34. The molecule has 3 amide bonds. The summed E-state index contributed by atoms with van der Waals surface area (Å²) in [5.74, 6) is -0.298. The lowest BCUT2D eigenvalue weighted by atomic mass is 10.0. The molecule has 1 atom stereocenters. The van der Waals surface area contributed by atoms with Gasteiger partial charge in [-0.1, -0.05) is 24.3 Å². The molecule has 2 rings (SSSR count). The topological polar surface area (TPSA) is 74.3 Å². The molecule has 0 radical (unpaired) electrons. The van der Waals surface area contributed by atoms with E-state index in [2.05, 4.69) is 15.6 Å². The van der Waals surface area contributed by atoms with E-state index in [1.165, 1.54) is 13.2 Å². The highest BCUT2D eigenvalue weighted by Gasteiger charge is 2.19. The molecule has 0 spiro atoms. The van der Waals surface area contributed by atoms with E-state index >= 15 is 0 Å². The molecule has 6 nitrogen and oxygen atoms in total. The fourth-order valence-electron chi connectivity index (χ4n) is 2.41. The standard InChI is InChI=1S/C18H22N4O2/c1-12-7-5-6-8-15(12)13(2)22(4)18(24)21-14-9-10-20-16(11-14)17(23)19-3/h5-11,13H,1-4H3,(H,19,23)(H,20,21,24)/t13-/m0/s1. The highest BCUT2D eigenvalue weighted by atomic mass is 16.2. The molecule has 24 heavy (non-hydrogen) atoms. The fourth-order valence-corrected chi connectivity index (χ4v) is 2.41. The van der Waals surface area contributed by atoms with Crippen molar-refractivity contribution in [3.63, 3.8) is 0 Å². The predicted octanol–water partition coefficient (Wildman–Crippen LogP) is 2.97. The van der Waals surface area contributed by atoms with Crippen molar-refractivity contribution in [2.75, 3.05) is 19.4 Å². The molecule has 2 aromatic rings. The molecule has 2 N–H and O–H groups in total. The molecule has 6 heteroatoms. The van der Waals surface area contributed by atoms with Crippen LogP contribution in [0.1, 0.15) is 34.6 Å². The monoisotopic (exact) mass is 326 g/mol. The van der Waals surface area contributed by atoms with Crippen molar-refractivity contribution in [2.24, 2.45) is 0 Å². The first-order valence-electron chi connectivity index (χ1n) is 7.71.